The monoisotopic (exact) mass is 232 g/mol. The average Bonchev–Trinajstić information content (AvgIpc) is 2.95. The van der Waals surface area contributed by atoms with Crippen molar-refractivity contribution in [1.82, 2.24) is 8.75 Å². The van der Waals surface area contributed by atoms with Gasteiger partial charge in [-0.3, -0.25) is 0 Å². The largest absolute Gasteiger partial charge is 0.386 e. The fourth-order valence-electron chi connectivity index (χ4n) is 2.17. The smallest absolute Gasteiger partial charge is 0.103 e. The van der Waals surface area contributed by atoms with Crippen LogP contribution in [0, 0.1) is 5.92 Å². The van der Waals surface area contributed by atoms with Crippen LogP contribution in [-0.2, 0) is 0 Å². The number of aliphatic hydroxyl groups excluding tert-OH is 1. The minimum Gasteiger partial charge on any atom is -0.386 e. The highest BCUT2D eigenvalue weighted by atomic mass is 32.1. The van der Waals surface area contributed by atoms with Crippen LogP contribution in [0.4, 0.5) is 0 Å². The zero-order valence-electron chi connectivity index (χ0n) is 8.65. The van der Waals surface area contributed by atoms with Crippen molar-refractivity contribution >= 4 is 11.7 Å². The van der Waals surface area contributed by atoms with Crippen LogP contribution in [0.5, 0.6) is 0 Å². The van der Waals surface area contributed by atoms with Gasteiger partial charge in [0.05, 0.1) is 17.9 Å². The van der Waals surface area contributed by atoms with Gasteiger partial charge in [-0.25, -0.2) is 0 Å². The summed E-state index contributed by atoms with van der Waals surface area (Å²) < 4.78 is 8.01. The molecule has 1 heterocycles. The van der Waals surface area contributed by atoms with Gasteiger partial charge in [0.1, 0.15) is 11.8 Å². The molecule has 1 saturated carbocycles. The summed E-state index contributed by atoms with van der Waals surface area (Å²) in [7, 11) is 0. The second-order valence-electron chi connectivity index (χ2n) is 4.19. The lowest BCUT2D eigenvalue weighted by Crippen LogP contribution is -2.01. The molecule has 4 heteroatoms. The van der Waals surface area contributed by atoms with E-state index in [-0.39, 0.29) is 0 Å². The van der Waals surface area contributed by atoms with E-state index in [0.717, 1.165) is 18.1 Å². The van der Waals surface area contributed by atoms with Gasteiger partial charge in [0.25, 0.3) is 0 Å². The summed E-state index contributed by atoms with van der Waals surface area (Å²) in [4.78, 5) is 0. The van der Waals surface area contributed by atoms with E-state index in [1.165, 1.54) is 5.56 Å². The van der Waals surface area contributed by atoms with E-state index >= 15 is 0 Å². The highest BCUT2D eigenvalue weighted by Crippen LogP contribution is 2.53. The Morgan fingerprint density at radius 3 is 2.81 bits per heavy atom. The molecule has 16 heavy (non-hydrogen) atoms. The minimum atomic E-state index is -0.455. The molecule has 3 rings (SSSR count). The van der Waals surface area contributed by atoms with Crippen molar-refractivity contribution < 1.29 is 5.11 Å². The molecule has 1 aromatic heterocycles. The highest BCUT2D eigenvalue weighted by molar-refractivity contribution is 6.99. The Morgan fingerprint density at radius 2 is 2.12 bits per heavy atom. The number of rotatable bonds is 3. The van der Waals surface area contributed by atoms with E-state index in [1.54, 1.807) is 6.20 Å². The third-order valence-electron chi connectivity index (χ3n) is 3.15. The molecular weight excluding hydrogens is 220 g/mol. The summed E-state index contributed by atoms with van der Waals surface area (Å²) in [5.74, 6) is 0.796. The molecule has 0 amide bonds. The van der Waals surface area contributed by atoms with Gasteiger partial charge in [-0.05, 0) is 23.8 Å². The summed E-state index contributed by atoms with van der Waals surface area (Å²) in [6.45, 7) is 0. The van der Waals surface area contributed by atoms with Crippen LogP contribution in [0.2, 0.25) is 0 Å². The first-order valence-corrected chi connectivity index (χ1v) is 6.10. The van der Waals surface area contributed by atoms with Crippen molar-refractivity contribution in [2.24, 2.45) is 5.92 Å². The second-order valence-corrected chi connectivity index (χ2v) is 4.75. The number of hydrogen-bond donors (Lipinski definition) is 1. The first-order valence-electron chi connectivity index (χ1n) is 5.37. The molecule has 2 aromatic rings. The average molecular weight is 232 g/mol. The van der Waals surface area contributed by atoms with Crippen LogP contribution in [0.3, 0.4) is 0 Å². The molecular formula is C12H12N2OS. The van der Waals surface area contributed by atoms with Crippen LogP contribution >= 0.6 is 11.7 Å². The fourth-order valence-corrected chi connectivity index (χ4v) is 2.62. The van der Waals surface area contributed by atoms with Gasteiger partial charge in [0, 0.05) is 0 Å². The SMILES string of the molecule is OC(c1cnsn1)C1CC1c1ccccc1. The van der Waals surface area contributed by atoms with Crippen LogP contribution in [0.15, 0.2) is 36.5 Å². The lowest BCUT2D eigenvalue weighted by atomic mass is 10.1. The van der Waals surface area contributed by atoms with Gasteiger partial charge in [0.15, 0.2) is 0 Å². The molecule has 0 spiro atoms. The molecule has 0 aliphatic heterocycles. The first-order chi connectivity index (χ1) is 7.86. The van der Waals surface area contributed by atoms with Crippen LogP contribution in [0.25, 0.3) is 0 Å². The van der Waals surface area contributed by atoms with Crippen LogP contribution in [0.1, 0.15) is 29.7 Å². The predicted molar refractivity (Wildman–Crippen MR) is 62.2 cm³/mol. The molecule has 0 saturated heterocycles. The Balaban J connectivity index is 1.73. The summed E-state index contributed by atoms with van der Waals surface area (Å²) >= 11 is 1.15. The number of aromatic nitrogens is 2. The Morgan fingerprint density at radius 1 is 1.31 bits per heavy atom. The quantitative estimate of drug-likeness (QED) is 0.883. The minimum absolute atomic E-state index is 0.311. The lowest BCUT2D eigenvalue weighted by Gasteiger charge is -2.06. The van der Waals surface area contributed by atoms with Crippen molar-refractivity contribution in [1.29, 1.82) is 0 Å². The highest BCUT2D eigenvalue weighted by Gasteiger charge is 2.44. The lowest BCUT2D eigenvalue weighted by molar-refractivity contribution is 0.147. The summed E-state index contributed by atoms with van der Waals surface area (Å²) in [5, 5.41) is 10.1. The number of benzene rings is 1. The van der Waals surface area contributed by atoms with E-state index in [1.807, 2.05) is 18.2 Å². The van der Waals surface area contributed by atoms with Crippen molar-refractivity contribution in [2.75, 3.05) is 0 Å². The summed E-state index contributed by atoms with van der Waals surface area (Å²) in [6.07, 6.45) is 2.25. The van der Waals surface area contributed by atoms with Gasteiger partial charge in [-0.2, -0.15) is 8.75 Å². The number of nitrogens with zero attached hydrogens (tertiary/aromatic N) is 2. The predicted octanol–water partition coefficient (Wildman–Crippen LogP) is 2.38. The zero-order valence-corrected chi connectivity index (χ0v) is 9.47. The molecule has 0 radical (unpaired) electrons. The first kappa shape index (κ1) is 9.93. The van der Waals surface area contributed by atoms with E-state index < -0.39 is 6.10 Å². The Hall–Kier alpha value is -1.26. The Bertz CT molecular complexity index is 457. The van der Waals surface area contributed by atoms with Crippen molar-refractivity contribution in [3.8, 4) is 0 Å². The molecule has 3 unspecified atom stereocenters. The number of hydrogen-bond acceptors (Lipinski definition) is 4. The van der Waals surface area contributed by atoms with Gasteiger partial charge >= 0.3 is 0 Å². The van der Waals surface area contributed by atoms with Crippen molar-refractivity contribution in [3.05, 3.63) is 47.8 Å². The maximum Gasteiger partial charge on any atom is 0.103 e. The fraction of sp³-hybridized carbons (Fsp3) is 0.333. The summed E-state index contributed by atoms with van der Waals surface area (Å²) in [5.41, 5.74) is 2.03. The summed E-state index contributed by atoms with van der Waals surface area (Å²) in [6, 6.07) is 10.3. The molecule has 0 bridgehead atoms. The van der Waals surface area contributed by atoms with Gasteiger partial charge < -0.3 is 5.11 Å². The molecule has 3 nitrogen and oxygen atoms in total. The zero-order chi connectivity index (χ0) is 11.0. The van der Waals surface area contributed by atoms with E-state index in [0.29, 0.717) is 17.5 Å². The molecule has 82 valence electrons. The normalized spacial score (nSPS) is 25.3. The standard InChI is InChI=1S/C12H12N2OS/c15-12(11-7-13-16-14-11)10-6-9(10)8-4-2-1-3-5-8/h1-5,7,9-10,12,15H,6H2. The van der Waals surface area contributed by atoms with Crippen molar-refractivity contribution in [3.63, 3.8) is 0 Å². The topological polar surface area (TPSA) is 46.0 Å². The number of aliphatic hydroxyl groups is 1. The molecule has 1 fully saturated rings. The third-order valence-corrected chi connectivity index (χ3v) is 3.65. The third kappa shape index (κ3) is 1.74. The van der Waals surface area contributed by atoms with Crippen molar-refractivity contribution in [2.45, 2.75) is 18.4 Å². The van der Waals surface area contributed by atoms with Crippen LogP contribution in [-0.4, -0.2) is 13.9 Å². The van der Waals surface area contributed by atoms with Gasteiger partial charge in [-0.1, -0.05) is 30.3 Å². The molecule has 1 aromatic carbocycles. The van der Waals surface area contributed by atoms with E-state index in [2.05, 4.69) is 20.9 Å². The van der Waals surface area contributed by atoms with Gasteiger partial charge in [-0.15, -0.1) is 0 Å². The Kier molecular flexibility index (Phi) is 2.46. The molecule has 3 atom stereocenters. The molecule has 1 N–H and O–H groups in total. The molecule has 1 aliphatic rings. The second kappa shape index (κ2) is 3.96. The van der Waals surface area contributed by atoms with E-state index in [4.69, 9.17) is 0 Å². The maximum atomic E-state index is 10.1. The van der Waals surface area contributed by atoms with E-state index in [9.17, 15) is 5.11 Å². The van der Waals surface area contributed by atoms with Crippen LogP contribution < -0.4 is 0 Å². The van der Waals surface area contributed by atoms with Gasteiger partial charge in [0.2, 0.25) is 0 Å². The molecule has 1 aliphatic carbocycles. The Labute approximate surface area is 98.1 Å². The maximum absolute atomic E-state index is 10.1.